The van der Waals surface area contributed by atoms with Gasteiger partial charge in [-0.05, 0) is 29.8 Å². The first-order chi connectivity index (χ1) is 13.1. The number of ether oxygens (including phenoxy) is 1. The van der Waals surface area contributed by atoms with E-state index in [2.05, 4.69) is 10.1 Å². The van der Waals surface area contributed by atoms with Gasteiger partial charge in [0, 0.05) is 23.9 Å². The van der Waals surface area contributed by atoms with Crippen LogP contribution < -0.4 is 5.32 Å². The van der Waals surface area contributed by atoms with Gasteiger partial charge in [0.15, 0.2) is 6.61 Å². The lowest BCUT2D eigenvalue weighted by molar-refractivity contribution is -0.384. The van der Waals surface area contributed by atoms with Crippen LogP contribution in [0.15, 0.2) is 54.6 Å². The smallest absolute Gasteiger partial charge is 0.416 e. The summed E-state index contributed by atoms with van der Waals surface area (Å²) in [5.74, 6) is -1.72. The molecule has 7 nitrogen and oxygen atoms in total. The number of non-ortho nitro benzene ring substituents is 1. The van der Waals surface area contributed by atoms with E-state index in [1.807, 2.05) is 0 Å². The van der Waals surface area contributed by atoms with Crippen LogP contribution in [0.1, 0.15) is 11.1 Å². The van der Waals surface area contributed by atoms with E-state index in [1.54, 1.807) is 0 Å². The first kappa shape index (κ1) is 20.6. The number of carbonyl (C=O) groups excluding carboxylic acids is 2. The number of nitrogens with zero attached hydrogens (tertiary/aromatic N) is 1. The molecule has 0 saturated heterocycles. The minimum atomic E-state index is -4.55. The molecule has 0 unspecified atom stereocenters. The number of esters is 1. The molecule has 0 aromatic heterocycles. The zero-order chi connectivity index (χ0) is 20.7. The Morgan fingerprint density at radius 2 is 1.86 bits per heavy atom. The second kappa shape index (κ2) is 8.80. The molecule has 0 saturated carbocycles. The van der Waals surface area contributed by atoms with E-state index in [4.69, 9.17) is 0 Å². The van der Waals surface area contributed by atoms with Gasteiger partial charge in [0.05, 0.1) is 10.5 Å². The van der Waals surface area contributed by atoms with Crippen LogP contribution in [0.25, 0.3) is 6.08 Å². The molecule has 0 aliphatic rings. The minimum absolute atomic E-state index is 0.0944. The van der Waals surface area contributed by atoms with Crippen LogP contribution in [0, 0.1) is 10.1 Å². The summed E-state index contributed by atoms with van der Waals surface area (Å²) in [4.78, 5) is 33.4. The van der Waals surface area contributed by atoms with E-state index in [1.165, 1.54) is 36.4 Å². The van der Waals surface area contributed by atoms with Crippen LogP contribution >= 0.6 is 0 Å². The lowest BCUT2D eigenvalue weighted by Gasteiger charge is -2.09. The van der Waals surface area contributed by atoms with Crippen molar-refractivity contribution in [1.29, 1.82) is 0 Å². The molecule has 28 heavy (non-hydrogen) atoms. The largest absolute Gasteiger partial charge is 0.452 e. The molecule has 0 bridgehead atoms. The van der Waals surface area contributed by atoms with Gasteiger partial charge >= 0.3 is 12.1 Å². The van der Waals surface area contributed by atoms with Crippen LogP contribution in [-0.4, -0.2) is 23.4 Å². The number of rotatable bonds is 6. The molecule has 0 atom stereocenters. The SMILES string of the molecule is O=C(COC(=O)C=Cc1cccc([N+](=O)[O-])c1)Nc1cccc(C(F)(F)F)c1. The summed E-state index contributed by atoms with van der Waals surface area (Å²) in [6.45, 7) is -0.714. The predicted octanol–water partition coefficient (Wildman–Crippen LogP) is 3.81. The van der Waals surface area contributed by atoms with Crippen molar-refractivity contribution in [1.82, 2.24) is 0 Å². The summed E-state index contributed by atoms with van der Waals surface area (Å²) >= 11 is 0. The van der Waals surface area contributed by atoms with Gasteiger partial charge in [0.2, 0.25) is 0 Å². The Balaban J connectivity index is 1.88. The topological polar surface area (TPSA) is 98.5 Å². The summed E-state index contributed by atoms with van der Waals surface area (Å²) in [6.07, 6.45) is -2.32. The van der Waals surface area contributed by atoms with Gasteiger partial charge in [0.25, 0.3) is 11.6 Å². The average Bonchev–Trinajstić information content (AvgIpc) is 2.64. The fraction of sp³-hybridized carbons (Fsp3) is 0.111. The molecule has 2 aromatic carbocycles. The average molecular weight is 394 g/mol. The lowest BCUT2D eigenvalue weighted by atomic mass is 10.2. The maximum Gasteiger partial charge on any atom is 0.416 e. The fourth-order valence-electron chi connectivity index (χ4n) is 2.06. The van der Waals surface area contributed by atoms with Crippen molar-refractivity contribution in [3.05, 3.63) is 75.8 Å². The number of carbonyl (C=O) groups is 2. The van der Waals surface area contributed by atoms with E-state index in [-0.39, 0.29) is 11.4 Å². The van der Waals surface area contributed by atoms with E-state index < -0.39 is 35.1 Å². The Labute approximate surface area is 156 Å². The van der Waals surface area contributed by atoms with E-state index in [0.717, 1.165) is 24.3 Å². The fourth-order valence-corrected chi connectivity index (χ4v) is 2.06. The number of hydrogen-bond acceptors (Lipinski definition) is 5. The highest BCUT2D eigenvalue weighted by Gasteiger charge is 2.30. The molecule has 1 N–H and O–H groups in total. The van der Waals surface area contributed by atoms with Gasteiger partial charge in [-0.25, -0.2) is 4.79 Å². The summed E-state index contributed by atoms with van der Waals surface area (Å²) in [5.41, 5.74) is -0.805. The zero-order valence-corrected chi connectivity index (χ0v) is 14.1. The van der Waals surface area contributed by atoms with Gasteiger partial charge in [-0.2, -0.15) is 13.2 Å². The van der Waals surface area contributed by atoms with E-state index in [9.17, 15) is 32.9 Å². The molecule has 0 aliphatic carbocycles. The first-order valence-electron chi connectivity index (χ1n) is 7.71. The number of nitro groups is 1. The van der Waals surface area contributed by atoms with Crippen molar-refractivity contribution in [2.45, 2.75) is 6.18 Å². The molecule has 0 spiro atoms. The maximum absolute atomic E-state index is 12.6. The van der Waals surface area contributed by atoms with Gasteiger partial charge in [-0.1, -0.05) is 18.2 Å². The Bertz CT molecular complexity index is 925. The third kappa shape index (κ3) is 6.24. The molecule has 0 fully saturated rings. The molecule has 2 rings (SSSR count). The van der Waals surface area contributed by atoms with Gasteiger partial charge in [-0.15, -0.1) is 0 Å². The summed E-state index contributed by atoms with van der Waals surface area (Å²) < 4.78 is 42.6. The van der Waals surface area contributed by atoms with Gasteiger partial charge < -0.3 is 10.1 Å². The lowest BCUT2D eigenvalue weighted by Crippen LogP contribution is -2.20. The normalized spacial score (nSPS) is 11.2. The highest BCUT2D eigenvalue weighted by atomic mass is 19.4. The second-order valence-corrected chi connectivity index (χ2v) is 5.42. The van der Waals surface area contributed by atoms with Crippen molar-refractivity contribution in [2.24, 2.45) is 0 Å². The highest BCUT2D eigenvalue weighted by molar-refractivity contribution is 5.94. The molecule has 0 aliphatic heterocycles. The van der Waals surface area contributed by atoms with Crippen molar-refractivity contribution in [2.75, 3.05) is 11.9 Å². The zero-order valence-electron chi connectivity index (χ0n) is 14.1. The molecule has 0 heterocycles. The Morgan fingerprint density at radius 3 is 2.54 bits per heavy atom. The first-order valence-corrected chi connectivity index (χ1v) is 7.71. The van der Waals surface area contributed by atoms with Gasteiger partial charge in [0.1, 0.15) is 0 Å². The van der Waals surface area contributed by atoms with Crippen molar-refractivity contribution in [3.63, 3.8) is 0 Å². The molecular formula is C18H13F3N2O5. The number of nitrogens with one attached hydrogen (secondary N) is 1. The maximum atomic E-state index is 12.6. The Hall–Kier alpha value is -3.69. The summed E-state index contributed by atoms with van der Waals surface area (Å²) in [5, 5.41) is 12.9. The van der Waals surface area contributed by atoms with E-state index in [0.29, 0.717) is 5.56 Å². The highest BCUT2D eigenvalue weighted by Crippen LogP contribution is 2.30. The molecule has 2 aromatic rings. The third-order valence-electron chi connectivity index (χ3n) is 3.31. The minimum Gasteiger partial charge on any atom is -0.452 e. The number of nitro benzene ring substituents is 1. The molecular weight excluding hydrogens is 381 g/mol. The van der Waals surface area contributed by atoms with E-state index >= 15 is 0 Å². The number of hydrogen-bond donors (Lipinski definition) is 1. The van der Waals surface area contributed by atoms with Crippen molar-refractivity contribution >= 4 is 29.3 Å². The van der Waals surface area contributed by atoms with Crippen LogP contribution in [-0.2, 0) is 20.5 Å². The number of anilines is 1. The third-order valence-corrected chi connectivity index (χ3v) is 3.31. The summed E-state index contributed by atoms with van der Waals surface area (Å²) in [6, 6.07) is 9.49. The van der Waals surface area contributed by atoms with Crippen molar-refractivity contribution in [3.8, 4) is 0 Å². The number of benzene rings is 2. The quantitative estimate of drug-likeness (QED) is 0.348. The molecule has 10 heteroatoms. The van der Waals surface area contributed by atoms with Crippen LogP contribution in [0.4, 0.5) is 24.5 Å². The van der Waals surface area contributed by atoms with Crippen molar-refractivity contribution < 1.29 is 32.4 Å². The Kier molecular flexibility index (Phi) is 6.48. The summed E-state index contributed by atoms with van der Waals surface area (Å²) in [7, 11) is 0. The van der Waals surface area contributed by atoms with Crippen LogP contribution in [0.5, 0.6) is 0 Å². The number of alkyl halides is 3. The number of amides is 1. The van der Waals surface area contributed by atoms with Crippen LogP contribution in [0.3, 0.4) is 0 Å². The predicted molar refractivity (Wildman–Crippen MR) is 93.2 cm³/mol. The van der Waals surface area contributed by atoms with Crippen LogP contribution in [0.2, 0.25) is 0 Å². The monoisotopic (exact) mass is 394 g/mol. The Morgan fingerprint density at radius 1 is 1.14 bits per heavy atom. The molecule has 0 radical (unpaired) electrons. The number of halogens is 3. The molecule has 1 amide bonds. The second-order valence-electron chi connectivity index (χ2n) is 5.42. The standard InChI is InChI=1S/C18H13F3N2O5/c19-18(20,21)13-4-2-5-14(10-13)22-16(24)11-28-17(25)8-7-12-3-1-6-15(9-12)23(26)27/h1-10H,11H2,(H,22,24). The molecule has 146 valence electrons. The van der Waals surface area contributed by atoms with Gasteiger partial charge in [-0.3, -0.25) is 14.9 Å².